The average Bonchev–Trinajstić information content (AvgIpc) is 2.39. The summed E-state index contributed by atoms with van der Waals surface area (Å²) in [5.41, 5.74) is 0.863. The summed E-state index contributed by atoms with van der Waals surface area (Å²) in [7, 11) is 4.21. The van der Waals surface area contributed by atoms with Gasteiger partial charge in [-0.1, -0.05) is 25.1 Å². The summed E-state index contributed by atoms with van der Waals surface area (Å²) >= 11 is 0. The fourth-order valence-electron chi connectivity index (χ4n) is 3.06. The zero-order valence-corrected chi connectivity index (χ0v) is 12.7. The maximum atomic E-state index is 12.1. The lowest BCUT2D eigenvalue weighted by Crippen LogP contribution is -2.49. The first-order valence-corrected chi connectivity index (χ1v) is 7.30. The molecule has 1 heterocycles. The van der Waals surface area contributed by atoms with Crippen LogP contribution in [0, 0.1) is 5.92 Å². The van der Waals surface area contributed by atoms with Crippen molar-refractivity contribution >= 4 is 11.6 Å². The van der Waals surface area contributed by atoms with Gasteiger partial charge >= 0.3 is 0 Å². The smallest absolute Gasteiger partial charge is 0.238 e. The zero-order chi connectivity index (χ0) is 14.5. The van der Waals surface area contributed by atoms with Gasteiger partial charge in [0.25, 0.3) is 0 Å². The van der Waals surface area contributed by atoms with Gasteiger partial charge in [0.15, 0.2) is 0 Å². The van der Waals surface area contributed by atoms with Crippen molar-refractivity contribution in [3.05, 3.63) is 30.3 Å². The van der Waals surface area contributed by atoms with Crippen molar-refractivity contribution in [3.63, 3.8) is 0 Å². The normalized spacial score (nSPS) is 23.8. The number of nitrogens with one attached hydrogen (secondary N) is 1. The molecule has 0 saturated carbocycles. The molecule has 1 fully saturated rings. The maximum absolute atomic E-state index is 12.1. The fourth-order valence-corrected chi connectivity index (χ4v) is 3.06. The molecule has 1 saturated heterocycles. The highest BCUT2D eigenvalue weighted by Crippen LogP contribution is 2.20. The second-order valence-corrected chi connectivity index (χ2v) is 5.92. The van der Waals surface area contributed by atoms with Crippen LogP contribution in [0.4, 0.5) is 5.69 Å². The zero-order valence-electron chi connectivity index (χ0n) is 12.7. The van der Waals surface area contributed by atoms with E-state index in [1.165, 1.54) is 0 Å². The Morgan fingerprint density at radius 2 is 2.10 bits per heavy atom. The van der Waals surface area contributed by atoms with Crippen LogP contribution in [-0.4, -0.2) is 55.5 Å². The van der Waals surface area contributed by atoms with Gasteiger partial charge in [-0.2, -0.15) is 0 Å². The number of amides is 1. The van der Waals surface area contributed by atoms with Crippen LogP contribution < -0.4 is 5.32 Å². The van der Waals surface area contributed by atoms with Gasteiger partial charge < -0.3 is 10.2 Å². The molecule has 110 valence electrons. The van der Waals surface area contributed by atoms with Crippen molar-refractivity contribution in [3.8, 4) is 0 Å². The lowest BCUT2D eigenvalue weighted by Gasteiger charge is -2.39. The first kappa shape index (κ1) is 15.0. The molecule has 4 nitrogen and oxygen atoms in total. The topological polar surface area (TPSA) is 35.6 Å². The number of anilines is 1. The lowest BCUT2D eigenvalue weighted by atomic mass is 9.93. The highest BCUT2D eigenvalue weighted by Gasteiger charge is 2.28. The van der Waals surface area contributed by atoms with Gasteiger partial charge in [-0.25, -0.2) is 0 Å². The number of rotatable bonds is 4. The van der Waals surface area contributed by atoms with Crippen molar-refractivity contribution in [2.24, 2.45) is 5.92 Å². The number of nitrogens with zero attached hydrogens (tertiary/aromatic N) is 2. The molecule has 0 unspecified atom stereocenters. The summed E-state index contributed by atoms with van der Waals surface area (Å²) in [5, 5.41) is 2.94. The molecule has 1 aromatic rings. The van der Waals surface area contributed by atoms with E-state index in [0.717, 1.165) is 25.2 Å². The van der Waals surface area contributed by atoms with E-state index in [4.69, 9.17) is 0 Å². The average molecular weight is 275 g/mol. The standard InChI is InChI=1S/C16H25N3O/c1-13-11-18(2)10-9-15(13)19(3)12-16(20)17-14-7-5-4-6-8-14/h4-8,13,15H,9-12H2,1-3H3,(H,17,20)/t13-,15+/m1/s1. The minimum Gasteiger partial charge on any atom is -0.325 e. The number of carbonyl (C=O) groups is 1. The van der Waals surface area contributed by atoms with E-state index in [1.54, 1.807) is 0 Å². The molecule has 1 aromatic carbocycles. The monoisotopic (exact) mass is 275 g/mol. The Morgan fingerprint density at radius 1 is 1.40 bits per heavy atom. The van der Waals surface area contributed by atoms with Crippen LogP contribution in [0.25, 0.3) is 0 Å². The van der Waals surface area contributed by atoms with Crippen molar-refractivity contribution in [2.45, 2.75) is 19.4 Å². The number of hydrogen-bond donors (Lipinski definition) is 1. The summed E-state index contributed by atoms with van der Waals surface area (Å²) in [6.07, 6.45) is 1.13. The number of para-hydroxylation sites is 1. The third kappa shape index (κ3) is 4.05. The van der Waals surface area contributed by atoms with Gasteiger partial charge in [-0.3, -0.25) is 9.69 Å². The molecule has 0 aliphatic carbocycles. The molecule has 2 rings (SSSR count). The molecule has 4 heteroatoms. The predicted octanol–water partition coefficient (Wildman–Crippen LogP) is 1.90. The van der Waals surface area contributed by atoms with Crippen molar-refractivity contribution < 1.29 is 4.79 Å². The molecule has 0 spiro atoms. The van der Waals surface area contributed by atoms with Crippen molar-refractivity contribution in [1.82, 2.24) is 9.80 Å². The van der Waals surface area contributed by atoms with E-state index < -0.39 is 0 Å². The summed E-state index contributed by atoms with van der Waals surface area (Å²) in [4.78, 5) is 16.6. The summed E-state index contributed by atoms with van der Waals surface area (Å²) in [5.74, 6) is 0.660. The van der Waals surface area contributed by atoms with E-state index >= 15 is 0 Å². The Kier molecular flexibility index (Phi) is 5.15. The highest BCUT2D eigenvalue weighted by atomic mass is 16.2. The molecule has 1 aliphatic heterocycles. The maximum Gasteiger partial charge on any atom is 0.238 e. The number of piperidine rings is 1. The van der Waals surface area contributed by atoms with E-state index in [2.05, 4.69) is 36.1 Å². The molecule has 1 aliphatic rings. The third-order valence-electron chi connectivity index (χ3n) is 4.08. The fraction of sp³-hybridized carbons (Fsp3) is 0.562. The van der Waals surface area contributed by atoms with Crippen LogP contribution in [0.5, 0.6) is 0 Å². The van der Waals surface area contributed by atoms with E-state index in [9.17, 15) is 4.79 Å². The van der Waals surface area contributed by atoms with Crippen LogP contribution >= 0.6 is 0 Å². The van der Waals surface area contributed by atoms with Gasteiger partial charge in [-0.15, -0.1) is 0 Å². The number of hydrogen-bond acceptors (Lipinski definition) is 3. The van der Waals surface area contributed by atoms with E-state index in [-0.39, 0.29) is 5.91 Å². The molecule has 0 radical (unpaired) electrons. The molecular formula is C16H25N3O. The molecule has 1 N–H and O–H groups in total. The Hall–Kier alpha value is -1.39. The van der Waals surface area contributed by atoms with Crippen LogP contribution in [0.2, 0.25) is 0 Å². The van der Waals surface area contributed by atoms with Crippen molar-refractivity contribution in [2.75, 3.05) is 39.0 Å². The molecule has 0 bridgehead atoms. The van der Waals surface area contributed by atoms with Crippen LogP contribution in [0.3, 0.4) is 0 Å². The minimum atomic E-state index is 0.0600. The first-order chi connectivity index (χ1) is 9.56. The lowest BCUT2D eigenvalue weighted by molar-refractivity contribution is -0.118. The summed E-state index contributed by atoms with van der Waals surface area (Å²) < 4.78 is 0. The number of likely N-dealkylation sites (N-methyl/N-ethyl adjacent to an activating group) is 1. The molecular weight excluding hydrogens is 250 g/mol. The van der Waals surface area contributed by atoms with Gasteiger partial charge in [0, 0.05) is 18.3 Å². The predicted molar refractivity (Wildman–Crippen MR) is 82.8 cm³/mol. The van der Waals surface area contributed by atoms with Gasteiger partial charge in [-0.05, 0) is 45.1 Å². The first-order valence-electron chi connectivity index (χ1n) is 7.30. The highest BCUT2D eigenvalue weighted by molar-refractivity contribution is 5.92. The Labute approximate surface area is 121 Å². The quantitative estimate of drug-likeness (QED) is 0.911. The van der Waals surface area contributed by atoms with Crippen LogP contribution in [0.15, 0.2) is 30.3 Å². The van der Waals surface area contributed by atoms with Gasteiger partial charge in [0.1, 0.15) is 0 Å². The van der Waals surface area contributed by atoms with E-state index in [1.807, 2.05) is 30.3 Å². The van der Waals surface area contributed by atoms with Gasteiger partial charge in [0.2, 0.25) is 5.91 Å². The molecule has 0 aromatic heterocycles. The Morgan fingerprint density at radius 3 is 2.75 bits per heavy atom. The second kappa shape index (κ2) is 6.86. The molecule has 2 atom stereocenters. The Balaban J connectivity index is 1.84. The number of benzene rings is 1. The SMILES string of the molecule is C[C@@H]1CN(C)CC[C@@H]1N(C)CC(=O)Nc1ccccc1. The number of carbonyl (C=O) groups excluding carboxylic acids is 1. The third-order valence-corrected chi connectivity index (χ3v) is 4.08. The van der Waals surface area contributed by atoms with Crippen LogP contribution in [-0.2, 0) is 4.79 Å². The second-order valence-electron chi connectivity index (χ2n) is 5.92. The van der Waals surface area contributed by atoms with Crippen LogP contribution in [0.1, 0.15) is 13.3 Å². The van der Waals surface area contributed by atoms with Crippen molar-refractivity contribution in [1.29, 1.82) is 0 Å². The Bertz CT molecular complexity index is 435. The van der Waals surface area contributed by atoms with E-state index in [0.29, 0.717) is 18.5 Å². The number of likely N-dealkylation sites (tertiary alicyclic amines) is 1. The van der Waals surface area contributed by atoms with Gasteiger partial charge in [0.05, 0.1) is 6.54 Å². The summed E-state index contributed by atoms with van der Waals surface area (Å²) in [6.45, 7) is 4.94. The molecule has 1 amide bonds. The largest absolute Gasteiger partial charge is 0.325 e. The summed E-state index contributed by atoms with van der Waals surface area (Å²) in [6, 6.07) is 10.1. The minimum absolute atomic E-state index is 0.0600. The molecule has 20 heavy (non-hydrogen) atoms.